The second-order valence-corrected chi connectivity index (χ2v) is 6.07. The van der Waals surface area contributed by atoms with E-state index in [1.165, 1.54) is 0 Å². The number of carbonyl (C=O) groups excluding carboxylic acids is 1. The quantitative estimate of drug-likeness (QED) is 0.808. The van der Waals surface area contributed by atoms with Crippen LogP contribution in [0.25, 0.3) is 5.82 Å². The summed E-state index contributed by atoms with van der Waals surface area (Å²) in [6, 6.07) is 5.68. The molecule has 1 amide bonds. The highest BCUT2D eigenvalue weighted by molar-refractivity contribution is 5.69. The first kappa shape index (κ1) is 13.6. The summed E-state index contributed by atoms with van der Waals surface area (Å²) < 4.78 is 7.12. The highest BCUT2D eigenvalue weighted by Crippen LogP contribution is 2.24. The molecule has 1 aliphatic heterocycles. The van der Waals surface area contributed by atoms with Crippen molar-refractivity contribution in [2.75, 3.05) is 0 Å². The van der Waals surface area contributed by atoms with E-state index in [0.717, 1.165) is 17.1 Å². The van der Waals surface area contributed by atoms with Crippen LogP contribution in [-0.4, -0.2) is 31.4 Å². The Morgan fingerprint density at radius 2 is 2.10 bits per heavy atom. The molecule has 0 unspecified atom stereocenters. The van der Waals surface area contributed by atoms with Gasteiger partial charge in [-0.15, -0.1) is 0 Å². The number of ether oxygens (including phenoxy) is 1. The number of rotatable bonds is 1. The second kappa shape index (κ2) is 4.87. The van der Waals surface area contributed by atoms with Crippen molar-refractivity contribution in [3.05, 3.63) is 41.9 Å². The molecule has 6 heteroatoms. The minimum absolute atomic E-state index is 0.301. The molecule has 0 radical (unpaired) electrons. The van der Waals surface area contributed by atoms with E-state index in [1.54, 1.807) is 15.8 Å². The van der Waals surface area contributed by atoms with Gasteiger partial charge in [-0.1, -0.05) is 6.07 Å². The molecule has 0 saturated carbocycles. The summed E-state index contributed by atoms with van der Waals surface area (Å²) in [6.07, 6.45) is 3.35. The first-order chi connectivity index (χ1) is 9.92. The van der Waals surface area contributed by atoms with Crippen LogP contribution >= 0.6 is 0 Å². The van der Waals surface area contributed by atoms with Crippen LogP contribution in [-0.2, 0) is 17.8 Å². The van der Waals surface area contributed by atoms with Gasteiger partial charge in [-0.25, -0.2) is 14.5 Å². The third-order valence-corrected chi connectivity index (χ3v) is 3.11. The molecule has 0 aliphatic carbocycles. The van der Waals surface area contributed by atoms with E-state index in [9.17, 15) is 4.79 Å². The van der Waals surface area contributed by atoms with E-state index in [2.05, 4.69) is 10.1 Å². The molecule has 0 bridgehead atoms. The van der Waals surface area contributed by atoms with Crippen molar-refractivity contribution in [1.82, 2.24) is 19.7 Å². The van der Waals surface area contributed by atoms with Crippen LogP contribution in [0.1, 0.15) is 32.0 Å². The van der Waals surface area contributed by atoms with Gasteiger partial charge in [0.15, 0.2) is 5.82 Å². The van der Waals surface area contributed by atoms with Crippen LogP contribution in [0.2, 0.25) is 0 Å². The van der Waals surface area contributed by atoms with Gasteiger partial charge in [0.05, 0.1) is 18.8 Å². The van der Waals surface area contributed by atoms with Crippen LogP contribution < -0.4 is 0 Å². The molecule has 0 fully saturated rings. The molecule has 1 aliphatic rings. The van der Waals surface area contributed by atoms with Gasteiger partial charge in [-0.05, 0) is 32.9 Å². The van der Waals surface area contributed by atoms with Gasteiger partial charge in [0.25, 0.3) is 0 Å². The summed E-state index contributed by atoms with van der Waals surface area (Å²) in [5.74, 6) is 0.774. The highest BCUT2D eigenvalue weighted by Gasteiger charge is 2.30. The van der Waals surface area contributed by atoms with Crippen molar-refractivity contribution in [1.29, 1.82) is 0 Å². The normalized spacial score (nSPS) is 14.1. The fraction of sp³-hybridized carbons (Fsp3) is 0.400. The third kappa shape index (κ3) is 2.89. The van der Waals surface area contributed by atoms with E-state index >= 15 is 0 Å². The van der Waals surface area contributed by atoms with Gasteiger partial charge in [0.2, 0.25) is 0 Å². The molecule has 3 heterocycles. The van der Waals surface area contributed by atoms with Gasteiger partial charge >= 0.3 is 6.09 Å². The monoisotopic (exact) mass is 286 g/mol. The molecule has 110 valence electrons. The lowest BCUT2D eigenvalue weighted by atomic mass is 10.2. The summed E-state index contributed by atoms with van der Waals surface area (Å²) in [6.45, 7) is 6.59. The molecule has 0 saturated heterocycles. The second-order valence-electron chi connectivity index (χ2n) is 6.07. The lowest BCUT2D eigenvalue weighted by molar-refractivity contribution is 0.0239. The van der Waals surface area contributed by atoms with Crippen LogP contribution in [0.15, 0.2) is 30.6 Å². The van der Waals surface area contributed by atoms with Crippen molar-refractivity contribution in [2.45, 2.75) is 39.5 Å². The lowest BCUT2D eigenvalue weighted by Crippen LogP contribution is -2.33. The minimum Gasteiger partial charge on any atom is -0.444 e. The van der Waals surface area contributed by atoms with Crippen molar-refractivity contribution < 1.29 is 9.53 Å². The SMILES string of the molecule is CC(C)(C)OC(=O)N1Cc2cn(-c3ccccn3)nc2C1. The first-order valence-corrected chi connectivity index (χ1v) is 6.89. The lowest BCUT2D eigenvalue weighted by Gasteiger charge is -2.24. The summed E-state index contributed by atoms with van der Waals surface area (Å²) >= 11 is 0. The third-order valence-electron chi connectivity index (χ3n) is 3.11. The van der Waals surface area contributed by atoms with Crippen LogP contribution in [0, 0.1) is 0 Å². The van der Waals surface area contributed by atoms with Gasteiger partial charge < -0.3 is 4.74 Å². The van der Waals surface area contributed by atoms with Gasteiger partial charge in [0.1, 0.15) is 5.60 Å². The first-order valence-electron chi connectivity index (χ1n) is 6.89. The molecular formula is C15H18N4O2. The van der Waals surface area contributed by atoms with E-state index < -0.39 is 5.60 Å². The van der Waals surface area contributed by atoms with E-state index in [0.29, 0.717) is 13.1 Å². The number of hydrogen-bond acceptors (Lipinski definition) is 4. The van der Waals surface area contributed by atoms with Crippen molar-refractivity contribution >= 4 is 6.09 Å². The number of hydrogen-bond donors (Lipinski definition) is 0. The Kier molecular flexibility index (Phi) is 3.16. The van der Waals surface area contributed by atoms with E-state index in [4.69, 9.17) is 4.74 Å². The Hall–Kier alpha value is -2.37. The predicted octanol–water partition coefficient (Wildman–Crippen LogP) is 2.52. The number of carbonyl (C=O) groups is 1. The molecule has 0 aromatic carbocycles. The summed E-state index contributed by atoms with van der Waals surface area (Å²) in [7, 11) is 0. The average Bonchev–Trinajstić information content (AvgIpc) is 2.95. The standard InChI is InChI=1S/C15H18N4O2/c1-15(2,3)21-14(20)18-8-11-9-19(17-12(11)10-18)13-6-4-5-7-16-13/h4-7,9H,8,10H2,1-3H3. The Morgan fingerprint density at radius 3 is 2.71 bits per heavy atom. The number of fused-ring (bicyclic) bond motifs is 1. The molecule has 6 nitrogen and oxygen atoms in total. The van der Waals surface area contributed by atoms with Crippen molar-refractivity contribution in [3.8, 4) is 5.82 Å². The Labute approximate surface area is 123 Å². The largest absolute Gasteiger partial charge is 0.444 e. The topological polar surface area (TPSA) is 60.2 Å². The number of amides is 1. The average molecular weight is 286 g/mol. The summed E-state index contributed by atoms with van der Waals surface area (Å²) in [5.41, 5.74) is 1.45. The molecular weight excluding hydrogens is 268 g/mol. The maximum absolute atomic E-state index is 12.0. The maximum atomic E-state index is 12.0. The molecule has 21 heavy (non-hydrogen) atoms. The van der Waals surface area contributed by atoms with Gasteiger partial charge in [0, 0.05) is 18.0 Å². The molecule has 2 aromatic rings. The molecule has 0 spiro atoms. The highest BCUT2D eigenvalue weighted by atomic mass is 16.6. The zero-order valence-electron chi connectivity index (χ0n) is 12.4. The van der Waals surface area contributed by atoms with Gasteiger partial charge in [-0.2, -0.15) is 5.10 Å². The fourth-order valence-corrected chi connectivity index (χ4v) is 2.22. The Bertz CT molecular complexity index is 635. The predicted molar refractivity (Wildman–Crippen MR) is 76.8 cm³/mol. The van der Waals surface area contributed by atoms with Crippen molar-refractivity contribution in [3.63, 3.8) is 0 Å². The minimum atomic E-state index is -0.481. The fourth-order valence-electron chi connectivity index (χ4n) is 2.22. The zero-order valence-corrected chi connectivity index (χ0v) is 12.4. The molecule has 0 N–H and O–H groups in total. The van der Waals surface area contributed by atoms with Crippen LogP contribution in [0.3, 0.4) is 0 Å². The van der Waals surface area contributed by atoms with Crippen LogP contribution in [0.5, 0.6) is 0 Å². The van der Waals surface area contributed by atoms with E-state index in [1.807, 2.05) is 45.2 Å². The maximum Gasteiger partial charge on any atom is 0.410 e. The Morgan fingerprint density at radius 1 is 1.29 bits per heavy atom. The zero-order chi connectivity index (χ0) is 15.0. The number of aromatic nitrogens is 3. The molecule has 2 aromatic heterocycles. The molecule has 3 rings (SSSR count). The molecule has 0 atom stereocenters. The van der Waals surface area contributed by atoms with Crippen molar-refractivity contribution in [2.24, 2.45) is 0 Å². The van der Waals surface area contributed by atoms with Crippen LogP contribution in [0.4, 0.5) is 4.79 Å². The smallest absolute Gasteiger partial charge is 0.410 e. The Balaban J connectivity index is 1.73. The number of pyridine rings is 1. The number of nitrogens with zero attached hydrogens (tertiary/aromatic N) is 4. The summed E-state index contributed by atoms with van der Waals surface area (Å²) in [5, 5.41) is 4.49. The van der Waals surface area contributed by atoms with E-state index in [-0.39, 0.29) is 6.09 Å². The van der Waals surface area contributed by atoms with Gasteiger partial charge in [-0.3, -0.25) is 4.90 Å². The summed E-state index contributed by atoms with van der Waals surface area (Å²) in [4.78, 5) is 18.0.